The van der Waals surface area contributed by atoms with Crippen LogP contribution in [-0.4, -0.2) is 4.98 Å². The number of pyridine rings is 1. The van der Waals surface area contributed by atoms with Gasteiger partial charge in [0.2, 0.25) is 0 Å². The van der Waals surface area contributed by atoms with Gasteiger partial charge in [0.1, 0.15) is 0 Å². The van der Waals surface area contributed by atoms with E-state index < -0.39 is 0 Å². The Morgan fingerprint density at radius 3 is 2.67 bits per heavy atom. The molecule has 0 saturated carbocycles. The number of hydrogen-bond donors (Lipinski definition) is 1. The Bertz CT molecular complexity index is 462. The lowest BCUT2D eigenvalue weighted by Crippen LogP contribution is -2.12. The minimum absolute atomic E-state index is 0.0522. The Balaban J connectivity index is 2.36. The van der Waals surface area contributed by atoms with Crippen LogP contribution in [0.25, 0.3) is 0 Å². The summed E-state index contributed by atoms with van der Waals surface area (Å²) in [5.74, 6) is 0. The highest BCUT2D eigenvalue weighted by Crippen LogP contribution is 2.25. The second-order valence-electron chi connectivity index (χ2n) is 3.78. The van der Waals surface area contributed by atoms with Crippen LogP contribution >= 0.6 is 11.3 Å². The smallest absolute Gasteiger partial charge is 0.0577 e. The average Bonchev–Trinajstić information content (AvgIpc) is 2.63. The zero-order valence-electron chi connectivity index (χ0n) is 8.90. The van der Waals surface area contributed by atoms with Gasteiger partial charge in [-0.1, -0.05) is 6.07 Å². The number of rotatable bonds is 2. The lowest BCUT2D eigenvalue weighted by molar-refractivity contribution is 0.857. The van der Waals surface area contributed by atoms with E-state index in [-0.39, 0.29) is 6.04 Å². The Hall–Kier alpha value is -1.19. The Morgan fingerprint density at radius 2 is 2.07 bits per heavy atom. The number of nitrogens with zero attached hydrogens (tertiary/aromatic N) is 1. The first-order valence-electron chi connectivity index (χ1n) is 4.88. The van der Waals surface area contributed by atoms with Gasteiger partial charge in [0.05, 0.1) is 6.04 Å². The lowest BCUT2D eigenvalue weighted by Gasteiger charge is -2.11. The van der Waals surface area contributed by atoms with Crippen LogP contribution in [0, 0.1) is 13.8 Å². The maximum absolute atomic E-state index is 6.20. The van der Waals surface area contributed by atoms with Gasteiger partial charge < -0.3 is 5.73 Å². The summed E-state index contributed by atoms with van der Waals surface area (Å²) < 4.78 is 0. The summed E-state index contributed by atoms with van der Waals surface area (Å²) in [5.41, 5.74) is 10.9. The first-order chi connectivity index (χ1) is 7.18. The molecule has 2 N–H and O–H groups in total. The van der Waals surface area contributed by atoms with Crippen LogP contribution in [0.4, 0.5) is 0 Å². The second-order valence-corrected chi connectivity index (χ2v) is 4.53. The van der Waals surface area contributed by atoms with Gasteiger partial charge in [0, 0.05) is 12.4 Å². The lowest BCUT2D eigenvalue weighted by atomic mass is 10.0. The quantitative estimate of drug-likeness (QED) is 0.841. The Labute approximate surface area is 93.8 Å². The molecule has 0 saturated heterocycles. The molecule has 3 heteroatoms. The van der Waals surface area contributed by atoms with Crippen molar-refractivity contribution in [3.63, 3.8) is 0 Å². The Kier molecular flexibility index (Phi) is 2.84. The van der Waals surface area contributed by atoms with Crippen molar-refractivity contribution in [1.82, 2.24) is 4.98 Å². The molecule has 2 rings (SSSR count). The van der Waals surface area contributed by atoms with Crippen molar-refractivity contribution in [2.75, 3.05) is 0 Å². The third kappa shape index (κ3) is 2.08. The zero-order valence-corrected chi connectivity index (χ0v) is 9.71. The first kappa shape index (κ1) is 10.3. The maximum Gasteiger partial charge on any atom is 0.0577 e. The fourth-order valence-electron chi connectivity index (χ4n) is 1.62. The van der Waals surface area contributed by atoms with Gasteiger partial charge in [-0.05, 0) is 46.9 Å². The average molecular weight is 218 g/mol. The monoisotopic (exact) mass is 218 g/mol. The largest absolute Gasteiger partial charge is 0.320 e. The fourth-order valence-corrected chi connectivity index (χ4v) is 2.50. The maximum atomic E-state index is 6.20. The second kappa shape index (κ2) is 4.13. The summed E-state index contributed by atoms with van der Waals surface area (Å²) in [6.07, 6.45) is 3.69. The molecule has 0 spiro atoms. The summed E-state index contributed by atoms with van der Waals surface area (Å²) in [5, 5.41) is 4.24. The van der Waals surface area contributed by atoms with Crippen molar-refractivity contribution in [2.24, 2.45) is 5.73 Å². The summed E-state index contributed by atoms with van der Waals surface area (Å²) in [7, 11) is 0. The first-order valence-corrected chi connectivity index (χ1v) is 5.82. The van der Waals surface area contributed by atoms with Crippen molar-refractivity contribution in [1.29, 1.82) is 0 Å². The highest BCUT2D eigenvalue weighted by Gasteiger charge is 2.12. The molecule has 0 fully saturated rings. The van der Waals surface area contributed by atoms with Crippen LogP contribution in [-0.2, 0) is 0 Å². The number of aryl methyl sites for hydroxylation is 2. The molecule has 0 bridgehead atoms. The molecule has 2 nitrogen and oxygen atoms in total. The van der Waals surface area contributed by atoms with Crippen LogP contribution < -0.4 is 5.73 Å². The minimum Gasteiger partial charge on any atom is -0.320 e. The normalized spacial score (nSPS) is 12.7. The molecule has 15 heavy (non-hydrogen) atoms. The molecular formula is C12H14N2S. The third-order valence-corrected chi connectivity index (χ3v) is 3.37. The van der Waals surface area contributed by atoms with Crippen LogP contribution in [0.15, 0.2) is 29.2 Å². The molecule has 0 aromatic carbocycles. The standard InChI is InChI=1S/C12H14N2S/c1-8-3-10(5-14-4-8)12(13)11-7-15-6-9(11)2/h3-7,12H,13H2,1-2H3. The molecule has 0 aliphatic rings. The zero-order chi connectivity index (χ0) is 10.8. The van der Waals surface area contributed by atoms with Crippen molar-refractivity contribution in [3.05, 3.63) is 51.5 Å². The van der Waals surface area contributed by atoms with E-state index in [1.165, 1.54) is 11.1 Å². The molecule has 0 aliphatic carbocycles. The summed E-state index contributed by atoms with van der Waals surface area (Å²) >= 11 is 1.69. The number of hydrogen-bond acceptors (Lipinski definition) is 3. The predicted molar refractivity (Wildman–Crippen MR) is 64.1 cm³/mol. The van der Waals surface area contributed by atoms with Crippen molar-refractivity contribution >= 4 is 11.3 Å². The van der Waals surface area contributed by atoms with Crippen LogP contribution in [0.1, 0.15) is 28.3 Å². The van der Waals surface area contributed by atoms with E-state index in [1.807, 2.05) is 19.3 Å². The van der Waals surface area contributed by atoms with E-state index in [0.717, 1.165) is 11.1 Å². The summed E-state index contributed by atoms with van der Waals surface area (Å²) in [6, 6.07) is 2.04. The minimum atomic E-state index is -0.0522. The fraction of sp³-hybridized carbons (Fsp3) is 0.250. The van der Waals surface area contributed by atoms with E-state index in [0.29, 0.717) is 0 Å². The number of aromatic nitrogens is 1. The summed E-state index contributed by atoms with van der Waals surface area (Å²) in [4.78, 5) is 4.17. The molecule has 0 amide bonds. The molecule has 2 heterocycles. The van der Waals surface area contributed by atoms with E-state index in [9.17, 15) is 0 Å². The molecule has 0 radical (unpaired) electrons. The van der Waals surface area contributed by atoms with Gasteiger partial charge in [-0.15, -0.1) is 0 Å². The number of thiophene rings is 1. The molecular weight excluding hydrogens is 204 g/mol. The Morgan fingerprint density at radius 1 is 1.27 bits per heavy atom. The van der Waals surface area contributed by atoms with Gasteiger partial charge in [0.15, 0.2) is 0 Å². The molecule has 2 aromatic heterocycles. The van der Waals surface area contributed by atoms with Crippen molar-refractivity contribution in [2.45, 2.75) is 19.9 Å². The van der Waals surface area contributed by atoms with Crippen molar-refractivity contribution in [3.8, 4) is 0 Å². The van der Waals surface area contributed by atoms with Gasteiger partial charge in [-0.2, -0.15) is 11.3 Å². The molecule has 1 unspecified atom stereocenters. The SMILES string of the molecule is Cc1cncc(C(N)c2cscc2C)c1. The van der Waals surface area contributed by atoms with Crippen LogP contribution in [0.2, 0.25) is 0 Å². The summed E-state index contributed by atoms with van der Waals surface area (Å²) in [6.45, 7) is 4.12. The van der Waals surface area contributed by atoms with Crippen molar-refractivity contribution < 1.29 is 0 Å². The van der Waals surface area contributed by atoms with Crippen LogP contribution in [0.3, 0.4) is 0 Å². The molecule has 2 aromatic rings. The topological polar surface area (TPSA) is 38.9 Å². The highest BCUT2D eigenvalue weighted by atomic mass is 32.1. The van der Waals surface area contributed by atoms with E-state index in [2.05, 4.69) is 28.7 Å². The molecule has 0 aliphatic heterocycles. The van der Waals surface area contributed by atoms with Gasteiger partial charge in [-0.25, -0.2) is 0 Å². The molecule has 78 valence electrons. The predicted octanol–water partition coefficient (Wildman–Crippen LogP) is 2.81. The van der Waals surface area contributed by atoms with Gasteiger partial charge >= 0.3 is 0 Å². The van der Waals surface area contributed by atoms with E-state index >= 15 is 0 Å². The van der Waals surface area contributed by atoms with E-state index in [4.69, 9.17) is 5.73 Å². The van der Waals surface area contributed by atoms with Crippen LogP contribution in [0.5, 0.6) is 0 Å². The third-order valence-electron chi connectivity index (χ3n) is 2.49. The van der Waals surface area contributed by atoms with E-state index in [1.54, 1.807) is 11.3 Å². The molecule has 1 atom stereocenters. The highest BCUT2D eigenvalue weighted by molar-refractivity contribution is 7.08. The van der Waals surface area contributed by atoms with Gasteiger partial charge in [-0.3, -0.25) is 4.98 Å². The number of nitrogens with two attached hydrogens (primary N) is 1. The van der Waals surface area contributed by atoms with Gasteiger partial charge in [0.25, 0.3) is 0 Å².